The van der Waals surface area contributed by atoms with E-state index in [0.29, 0.717) is 0 Å². The van der Waals surface area contributed by atoms with Crippen LogP contribution in [0.2, 0.25) is 0 Å². The third-order valence-corrected chi connectivity index (χ3v) is 4.06. The van der Waals surface area contributed by atoms with E-state index >= 15 is 0 Å². The summed E-state index contributed by atoms with van der Waals surface area (Å²) in [7, 11) is 0. The molecule has 0 atom stereocenters. The van der Waals surface area contributed by atoms with Crippen molar-refractivity contribution in [2.45, 2.75) is 38.5 Å². The van der Waals surface area contributed by atoms with Gasteiger partial charge in [-0.15, -0.1) is 0 Å². The van der Waals surface area contributed by atoms with Crippen LogP contribution in [-0.2, 0) is 19.1 Å². The van der Waals surface area contributed by atoms with Gasteiger partial charge in [-0.05, 0) is 24.8 Å². The lowest BCUT2D eigenvalue weighted by Gasteiger charge is -2.31. The molecule has 3 aliphatic rings. The second kappa shape index (κ2) is 3.52. The molecule has 4 heteroatoms. The van der Waals surface area contributed by atoms with Gasteiger partial charge in [0.05, 0.1) is 18.6 Å². The van der Waals surface area contributed by atoms with Crippen LogP contribution in [0.5, 0.6) is 0 Å². The molecule has 1 saturated carbocycles. The van der Waals surface area contributed by atoms with Gasteiger partial charge in [-0.25, -0.2) is 0 Å². The summed E-state index contributed by atoms with van der Waals surface area (Å²) >= 11 is 0. The normalized spacial score (nSPS) is 27.4. The van der Waals surface area contributed by atoms with Crippen LogP contribution in [0.3, 0.4) is 0 Å². The number of carbonyl (C=O) groups is 3. The van der Waals surface area contributed by atoms with E-state index in [9.17, 15) is 14.4 Å². The highest BCUT2D eigenvalue weighted by molar-refractivity contribution is 6.25. The summed E-state index contributed by atoms with van der Waals surface area (Å²) in [5.41, 5.74) is -0.199. The molecule has 1 spiro atoms. The fraction of sp³-hybridized carbons (Fsp3) is 0.615. The van der Waals surface area contributed by atoms with Gasteiger partial charge < -0.3 is 4.74 Å². The Hall–Kier alpha value is -1.45. The number of Topliss-reactive ketones (excluding diaryl/α,β-unsaturated/α-hetero) is 3. The Bertz CT molecular complexity index is 438. The van der Waals surface area contributed by atoms with Gasteiger partial charge in [0.15, 0.2) is 11.6 Å². The van der Waals surface area contributed by atoms with Gasteiger partial charge in [0, 0.05) is 6.42 Å². The molecule has 17 heavy (non-hydrogen) atoms. The largest absolute Gasteiger partial charge is 0.496 e. The van der Waals surface area contributed by atoms with E-state index in [4.69, 9.17) is 4.74 Å². The summed E-state index contributed by atoms with van der Waals surface area (Å²) in [4.78, 5) is 35.6. The monoisotopic (exact) mass is 234 g/mol. The number of rotatable bonds is 0. The van der Waals surface area contributed by atoms with Crippen LogP contribution in [0.4, 0.5) is 0 Å². The molecule has 2 aliphatic carbocycles. The lowest BCUT2D eigenvalue weighted by molar-refractivity contribution is -0.146. The van der Waals surface area contributed by atoms with Crippen molar-refractivity contribution >= 4 is 17.3 Å². The van der Waals surface area contributed by atoms with Crippen LogP contribution in [-0.4, -0.2) is 24.0 Å². The maximum absolute atomic E-state index is 12.1. The van der Waals surface area contributed by atoms with E-state index in [1.165, 1.54) is 0 Å². The average Bonchev–Trinajstić information content (AvgIpc) is 2.67. The quantitative estimate of drug-likeness (QED) is 0.593. The third-order valence-electron chi connectivity index (χ3n) is 4.06. The minimum atomic E-state index is -1.08. The Morgan fingerprint density at radius 1 is 0.941 bits per heavy atom. The molecule has 1 heterocycles. The van der Waals surface area contributed by atoms with E-state index in [2.05, 4.69) is 0 Å². The average molecular weight is 234 g/mol. The standard InChI is InChI=1S/C13H14O4/c14-8-5-11(15)13(12(16)6-8)7-17-10-4-2-1-3-9(10)13/h1-7H2. The van der Waals surface area contributed by atoms with Crippen LogP contribution >= 0.6 is 0 Å². The molecular weight excluding hydrogens is 220 g/mol. The number of fused-ring (bicyclic) bond motifs is 1. The zero-order chi connectivity index (χ0) is 12.0. The molecule has 1 aliphatic heterocycles. The van der Waals surface area contributed by atoms with Crippen molar-refractivity contribution in [3.63, 3.8) is 0 Å². The highest BCUT2D eigenvalue weighted by Gasteiger charge is 2.56. The first-order chi connectivity index (χ1) is 8.14. The van der Waals surface area contributed by atoms with Crippen molar-refractivity contribution < 1.29 is 19.1 Å². The molecule has 1 fully saturated rings. The van der Waals surface area contributed by atoms with Gasteiger partial charge in [0.1, 0.15) is 17.8 Å². The zero-order valence-corrected chi connectivity index (χ0v) is 9.58. The number of ether oxygens (including phenoxy) is 1. The van der Waals surface area contributed by atoms with Gasteiger partial charge in [0.25, 0.3) is 0 Å². The van der Waals surface area contributed by atoms with Crippen molar-refractivity contribution in [2.75, 3.05) is 6.61 Å². The van der Waals surface area contributed by atoms with E-state index in [-0.39, 0.29) is 36.8 Å². The topological polar surface area (TPSA) is 60.4 Å². The summed E-state index contributed by atoms with van der Waals surface area (Å²) in [6.07, 6.45) is 3.43. The van der Waals surface area contributed by atoms with Crippen molar-refractivity contribution in [3.05, 3.63) is 11.3 Å². The van der Waals surface area contributed by atoms with Crippen molar-refractivity contribution in [3.8, 4) is 0 Å². The first-order valence-corrected chi connectivity index (χ1v) is 6.08. The lowest BCUT2D eigenvalue weighted by atomic mass is 9.66. The first kappa shape index (κ1) is 10.7. The van der Waals surface area contributed by atoms with Crippen molar-refractivity contribution in [1.29, 1.82) is 0 Å². The second-order valence-corrected chi connectivity index (χ2v) is 5.04. The molecule has 0 aromatic heterocycles. The molecule has 0 saturated heterocycles. The SMILES string of the molecule is O=C1CC(=O)C2(COC3=C2CCCC3)C(=O)C1. The Kier molecular flexibility index (Phi) is 2.21. The van der Waals surface area contributed by atoms with Crippen LogP contribution < -0.4 is 0 Å². The summed E-state index contributed by atoms with van der Waals surface area (Å²) in [6.45, 7) is 0.141. The maximum Gasteiger partial charge on any atom is 0.161 e. The van der Waals surface area contributed by atoms with E-state index < -0.39 is 5.41 Å². The number of ketones is 3. The minimum absolute atomic E-state index is 0.105. The summed E-state index contributed by atoms with van der Waals surface area (Å²) in [5, 5.41) is 0. The molecule has 4 nitrogen and oxygen atoms in total. The number of carbonyl (C=O) groups excluding carboxylic acids is 3. The van der Waals surface area contributed by atoms with Crippen LogP contribution in [0.15, 0.2) is 11.3 Å². The van der Waals surface area contributed by atoms with E-state index in [1.54, 1.807) is 0 Å². The maximum atomic E-state index is 12.1. The molecule has 0 aromatic rings. The molecule has 0 bridgehead atoms. The van der Waals surface area contributed by atoms with Gasteiger partial charge in [-0.1, -0.05) is 0 Å². The fourth-order valence-corrected chi connectivity index (χ4v) is 3.15. The number of hydrogen-bond acceptors (Lipinski definition) is 4. The highest BCUT2D eigenvalue weighted by atomic mass is 16.5. The molecule has 0 amide bonds. The Morgan fingerprint density at radius 3 is 2.29 bits per heavy atom. The smallest absolute Gasteiger partial charge is 0.161 e. The van der Waals surface area contributed by atoms with Crippen LogP contribution in [0, 0.1) is 5.41 Å². The number of allylic oxidation sites excluding steroid dienone is 1. The molecular formula is C13H14O4. The first-order valence-electron chi connectivity index (χ1n) is 6.08. The highest BCUT2D eigenvalue weighted by Crippen LogP contribution is 2.48. The summed E-state index contributed by atoms with van der Waals surface area (Å²) < 4.78 is 5.55. The Labute approximate surface area is 99.0 Å². The minimum Gasteiger partial charge on any atom is -0.496 e. The van der Waals surface area contributed by atoms with Gasteiger partial charge in [-0.3, -0.25) is 14.4 Å². The van der Waals surface area contributed by atoms with Crippen LogP contribution in [0.1, 0.15) is 38.5 Å². The Balaban J connectivity index is 2.06. The van der Waals surface area contributed by atoms with Gasteiger partial charge >= 0.3 is 0 Å². The predicted octanol–water partition coefficient (Wildman–Crippen LogP) is 1.33. The van der Waals surface area contributed by atoms with Crippen molar-refractivity contribution in [2.24, 2.45) is 5.41 Å². The molecule has 0 aromatic carbocycles. The summed E-state index contributed by atoms with van der Waals surface area (Å²) in [5.74, 6) is 0.0964. The second-order valence-electron chi connectivity index (χ2n) is 5.04. The lowest BCUT2D eigenvalue weighted by Crippen LogP contribution is -2.48. The van der Waals surface area contributed by atoms with Gasteiger partial charge in [-0.2, -0.15) is 0 Å². The van der Waals surface area contributed by atoms with Crippen molar-refractivity contribution in [1.82, 2.24) is 0 Å². The molecule has 0 unspecified atom stereocenters. The molecule has 90 valence electrons. The molecule has 3 rings (SSSR count). The molecule has 0 radical (unpaired) electrons. The Morgan fingerprint density at radius 2 is 1.59 bits per heavy atom. The zero-order valence-electron chi connectivity index (χ0n) is 9.58. The number of hydrogen-bond donors (Lipinski definition) is 0. The van der Waals surface area contributed by atoms with E-state index in [1.807, 2.05) is 0 Å². The third kappa shape index (κ3) is 1.33. The summed E-state index contributed by atoms with van der Waals surface area (Å²) in [6, 6.07) is 0. The predicted molar refractivity (Wildman–Crippen MR) is 58.1 cm³/mol. The van der Waals surface area contributed by atoms with Gasteiger partial charge in [0.2, 0.25) is 0 Å². The molecule has 0 N–H and O–H groups in total. The van der Waals surface area contributed by atoms with Crippen LogP contribution in [0.25, 0.3) is 0 Å². The fourth-order valence-electron chi connectivity index (χ4n) is 3.15. The van der Waals surface area contributed by atoms with E-state index in [0.717, 1.165) is 37.0 Å².